The van der Waals surface area contributed by atoms with Crippen LogP contribution in [0.15, 0.2) is 73.3 Å². The maximum atomic E-state index is 13.0. The van der Waals surface area contributed by atoms with Gasteiger partial charge in [-0.25, -0.2) is 15.0 Å². The highest BCUT2D eigenvalue weighted by Crippen LogP contribution is 2.34. The van der Waals surface area contributed by atoms with Crippen LogP contribution in [0.4, 0.5) is 17.2 Å². The molecule has 2 saturated heterocycles. The van der Waals surface area contributed by atoms with E-state index in [-0.39, 0.29) is 17.8 Å². The third-order valence-electron chi connectivity index (χ3n) is 8.64. The minimum Gasteiger partial charge on any atom is -0.387 e. The third kappa shape index (κ3) is 5.46. The number of imidazole rings is 1. The molecule has 2 aromatic heterocycles. The molecule has 0 radical (unpaired) electrons. The van der Waals surface area contributed by atoms with E-state index in [4.69, 9.17) is 4.74 Å². The van der Waals surface area contributed by atoms with Crippen LogP contribution in [0.25, 0.3) is 21.9 Å². The first-order valence-corrected chi connectivity index (χ1v) is 15.1. The molecule has 2 aliphatic rings. The van der Waals surface area contributed by atoms with Gasteiger partial charge in [0.2, 0.25) is 0 Å². The van der Waals surface area contributed by atoms with Gasteiger partial charge in [0.15, 0.2) is 23.2 Å². The van der Waals surface area contributed by atoms with E-state index in [9.17, 15) is 25.1 Å². The van der Waals surface area contributed by atoms with E-state index in [0.29, 0.717) is 29.2 Å². The summed E-state index contributed by atoms with van der Waals surface area (Å²) in [7, 11) is 0. The summed E-state index contributed by atoms with van der Waals surface area (Å²) in [6.45, 7) is 1.81. The van der Waals surface area contributed by atoms with Crippen LogP contribution in [-0.4, -0.2) is 78.5 Å². The number of carbonyl (C=O) groups excluding carboxylic acids is 1. The van der Waals surface area contributed by atoms with Crippen molar-refractivity contribution in [3.63, 3.8) is 0 Å². The van der Waals surface area contributed by atoms with Crippen LogP contribution in [0.2, 0.25) is 0 Å². The molecule has 0 unspecified atom stereocenters. The lowest BCUT2D eigenvalue weighted by Crippen LogP contribution is -2.39. The highest BCUT2D eigenvalue weighted by atomic mass is 16.6. The number of hydrogen-bond donors (Lipinski definition) is 4. The van der Waals surface area contributed by atoms with E-state index in [1.807, 2.05) is 29.2 Å². The average Bonchev–Trinajstić information content (AvgIpc) is 3.83. The number of rotatable bonds is 9. The molecule has 14 heteroatoms. The molecular formula is C32H32N8O6. The molecule has 4 atom stereocenters. The number of aromatic nitrogens is 4. The summed E-state index contributed by atoms with van der Waals surface area (Å²) in [6, 6.07) is 18.6. The molecule has 4 heterocycles. The number of aliphatic hydroxyl groups is 2. The Kier molecular flexibility index (Phi) is 7.90. The van der Waals surface area contributed by atoms with Gasteiger partial charge in [-0.2, -0.15) is 0 Å². The van der Waals surface area contributed by atoms with Gasteiger partial charge in [-0.1, -0.05) is 42.5 Å². The van der Waals surface area contributed by atoms with E-state index < -0.39 is 35.4 Å². The lowest BCUT2D eigenvalue weighted by atomic mass is 10.0. The molecule has 14 nitrogen and oxygen atoms in total. The number of nitro benzene ring substituents is 1. The Morgan fingerprint density at radius 1 is 1.02 bits per heavy atom. The molecule has 1 amide bonds. The van der Waals surface area contributed by atoms with E-state index in [0.717, 1.165) is 42.3 Å². The molecule has 236 valence electrons. The highest BCUT2D eigenvalue weighted by molar-refractivity contribution is 5.96. The Balaban J connectivity index is 1.04. The molecule has 4 N–H and O–H groups in total. The number of anilines is 2. The number of nitrogens with one attached hydrogen (secondary N) is 2. The van der Waals surface area contributed by atoms with Gasteiger partial charge in [0.25, 0.3) is 11.6 Å². The first kappa shape index (κ1) is 29.5. The quantitative estimate of drug-likeness (QED) is 0.140. The fraction of sp³-hybridized carbons (Fsp3) is 0.312. The van der Waals surface area contributed by atoms with Crippen LogP contribution >= 0.6 is 0 Å². The number of carbonyl (C=O) groups is 1. The Labute approximate surface area is 262 Å². The summed E-state index contributed by atoms with van der Waals surface area (Å²) in [4.78, 5) is 39.4. The van der Waals surface area contributed by atoms with Crippen molar-refractivity contribution in [2.75, 3.05) is 29.9 Å². The summed E-state index contributed by atoms with van der Waals surface area (Å²) in [6.07, 6.45) is 0.0848. The predicted molar refractivity (Wildman–Crippen MR) is 169 cm³/mol. The van der Waals surface area contributed by atoms with Crippen LogP contribution in [-0.2, 0) is 11.3 Å². The second-order valence-corrected chi connectivity index (χ2v) is 11.4. The van der Waals surface area contributed by atoms with E-state index in [1.54, 1.807) is 12.1 Å². The topological polar surface area (TPSA) is 181 Å². The zero-order chi connectivity index (χ0) is 31.8. The average molecular weight is 625 g/mol. The zero-order valence-electron chi connectivity index (χ0n) is 24.7. The summed E-state index contributed by atoms with van der Waals surface area (Å²) >= 11 is 0. The Morgan fingerprint density at radius 3 is 2.65 bits per heavy atom. The molecule has 3 aromatic carbocycles. The molecule has 2 aliphatic heterocycles. The van der Waals surface area contributed by atoms with Crippen molar-refractivity contribution in [2.45, 2.75) is 43.9 Å². The van der Waals surface area contributed by atoms with E-state index >= 15 is 0 Å². The van der Waals surface area contributed by atoms with Crippen molar-refractivity contribution in [3.05, 3.63) is 94.6 Å². The summed E-state index contributed by atoms with van der Waals surface area (Å²) in [5, 5.41) is 41.7. The number of nitrogens with zero attached hydrogens (tertiary/aromatic N) is 6. The smallest absolute Gasteiger partial charge is 0.293 e. The molecule has 46 heavy (non-hydrogen) atoms. The maximum absolute atomic E-state index is 13.0. The summed E-state index contributed by atoms with van der Waals surface area (Å²) in [5.74, 6) is -0.0640. The molecule has 2 fully saturated rings. The van der Waals surface area contributed by atoms with Crippen molar-refractivity contribution < 1.29 is 24.7 Å². The lowest BCUT2D eigenvalue weighted by Gasteiger charge is -2.18. The van der Waals surface area contributed by atoms with Crippen molar-refractivity contribution in [2.24, 2.45) is 0 Å². The number of fused-ring (bicyclic) bond motifs is 2. The van der Waals surface area contributed by atoms with Gasteiger partial charge in [-0.05, 0) is 41.3 Å². The van der Waals surface area contributed by atoms with E-state index in [1.165, 1.54) is 23.3 Å². The number of aliphatic hydroxyl groups excluding tert-OH is 2. The van der Waals surface area contributed by atoms with Gasteiger partial charge in [0, 0.05) is 37.8 Å². The second-order valence-electron chi connectivity index (χ2n) is 11.4. The van der Waals surface area contributed by atoms with Gasteiger partial charge in [-0.15, -0.1) is 0 Å². The SMILES string of the molecule is O=C(NC[C@H]1O[C@@H](n2cnc3c(NCc4cccc5ccccc45)ncnc32)[C@H](O)[C@@H]1O)c1ccc(N2CCCC2)c([N+](=O)[O-])c1. The van der Waals surface area contributed by atoms with Crippen LogP contribution in [0.5, 0.6) is 0 Å². The van der Waals surface area contributed by atoms with Crippen LogP contribution in [0.1, 0.15) is 35.0 Å². The summed E-state index contributed by atoms with van der Waals surface area (Å²) in [5.41, 5.74) is 2.40. The molecule has 0 saturated carbocycles. The van der Waals surface area contributed by atoms with E-state index in [2.05, 4.69) is 43.8 Å². The van der Waals surface area contributed by atoms with Gasteiger partial charge < -0.3 is 30.5 Å². The third-order valence-corrected chi connectivity index (χ3v) is 8.64. The lowest BCUT2D eigenvalue weighted by molar-refractivity contribution is -0.384. The number of amides is 1. The standard InChI is InChI=1S/C32H32N8O6/c41-27-25(16-34-31(43)20-10-11-23(24(14-20)40(44)45)38-12-3-4-13-38)46-32(28(27)42)39-18-37-26-29(35-17-36-30(26)39)33-15-21-8-5-7-19-6-1-2-9-22(19)21/h1-2,5-11,14,17-18,25,27-28,32,41-42H,3-4,12-13,15-16H2,(H,34,43)(H,33,35,36)/t25-,27-,28-,32-/m1/s1. The number of benzene rings is 3. The van der Waals surface area contributed by atoms with Gasteiger partial charge in [-0.3, -0.25) is 19.5 Å². The second kappa shape index (κ2) is 12.3. The zero-order valence-corrected chi connectivity index (χ0v) is 24.7. The van der Waals surface area contributed by atoms with Crippen molar-refractivity contribution >= 4 is 45.0 Å². The molecule has 0 aliphatic carbocycles. The predicted octanol–water partition coefficient (Wildman–Crippen LogP) is 3.15. The van der Waals surface area contributed by atoms with Crippen molar-refractivity contribution in [1.82, 2.24) is 24.8 Å². The minimum atomic E-state index is -1.35. The van der Waals surface area contributed by atoms with Gasteiger partial charge >= 0.3 is 0 Å². The Bertz CT molecular complexity index is 1920. The first-order valence-electron chi connectivity index (χ1n) is 15.1. The largest absolute Gasteiger partial charge is 0.387 e. The first-order chi connectivity index (χ1) is 22.4. The molecular weight excluding hydrogens is 592 g/mol. The molecule has 0 spiro atoms. The molecule has 7 rings (SSSR count). The van der Waals surface area contributed by atoms with Gasteiger partial charge in [0.1, 0.15) is 30.3 Å². The van der Waals surface area contributed by atoms with Crippen molar-refractivity contribution in [3.8, 4) is 0 Å². The minimum absolute atomic E-state index is 0.111. The Morgan fingerprint density at radius 2 is 1.83 bits per heavy atom. The normalized spacial score (nSPS) is 21.2. The highest BCUT2D eigenvalue weighted by Gasteiger charge is 2.44. The fourth-order valence-electron chi connectivity index (χ4n) is 6.25. The summed E-state index contributed by atoms with van der Waals surface area (Å²) < 4.78 is 7.53. The van der Waals surface area contributed by atoms with Crippen LogP contribution < -0.4 is 15.5 Å². The van der Waals surface area contributed by atoms with Crippen LogP contribution in [0, 0.1) is 10.1 Å². The Hall–Kier alpha value is -5.18. The molecule has 0 bridgehead atoms. The van der Waals surface area contributed by atoms with Crippen molar-refractivity contribution in [1.29, 1.82) is 0 Å². The number of nitro groups is 1. The number of hydrogen-bond acceptors (Lipinski definition) is 11. The monoisotopic (exact) mass is 624 g/mol. The van der Waals surface area contributed by atoms with Crippen LogP contribution in [0.3, 0.4) is 0 Å². The van der Waals surface area contributed by atoms with Gasteiger partial charge in [0.05, 0.1) is 11.3 Å². The maximum Gasteiger partial charge on any atom is 0.293 e. The fourth-order valence-corrected chi connectivity index (χ4v) is 6.25. The number of ether oxygens (including phenoxy) is 1. The molecule has 5 aromatic rings.